The van der Waals surface area contributed by atoms with E-state index in [1.165, 1.54) is 4.68 Å². The Morgan fingerprint density at radius 2 is 2.24 bits per heavy atom. The van der Waals surface area contributed by atoms with Gasteiger partial charge in [-0.1, -0.05) is 20.3 Å². The number of carboxylic acid groups (broad SMARTS) is 1. The van der Waals surface area contributed by atoms with Crippen molar-refractivity contribution in [2.45, 2.75) is 32.9 Å². The van der Waals surface area contributed by atoms with Crippen molar-refractivity contribution in [1.29, 1.82) is 0 Å². The van der Waals surface area contributed by atoms with E-state index < -0.39 is 12.0 Å². The van der Waals surface area contributed by atoms with Crippen LogP contribution in [-0.4, -0.2) is 32.8 Å². The number of nitrogens with one attached hydrogen (secondary N) is 1. The molecule has 0 aliphatic rings. The zero-order chi connectivity index (χ0) is 12.8. The van der Waals surface area contributed by atoms with Crippen LogP contribution in [0.3, 0.4) is 0 Å². The largest absolute Gasteiger partial charge is 0.480 e. The lowest BCUT2D eigenvalue weighted by molar-refractivity contribution is -0.143. The van der Waals surface area contributed by atoms with E-state index in [9.17, 15) is 9.59 Å². The first-order valence-corrected chi connectivity index (χ1v) is 5.54. The number of hydrogen-bond donors (Lipinski definition) is 2. The highest BCUT2D eigenvalue weighted by atomic mass is 16.4. The summed E-state index contributed by atoms with van der Waals surface area (Å²) in [4.78, 5) is 22.6. The Hall–Kier alpha value is -1.85. The fourth-order valence-corrected chi connectivity index (χ4v) is 1.44. The number of aliphatic carboxylic acids is 1. The van der Waals surface area contributed by atoms with Crippen molar-refractivity contribution < 1.29 is 14.7 Å². The molecule has 2 N–H and O–H groups in total. The van der Waals surface area contributed by atoms with Crippen LogP contribution in [0.1, 0.15) is 20.3 Å². The minimum Gasteiger partial charge on any atom is -0.480 e. The summed E-state index contributed by atoms with van der Waals surface area (Å²) < 4.78 is 1.45. The fraction of sp³-hybridized carbons (Fsp3) is 0.545. The molecular weight excluding hydrogens is 222 g/mol. The van der Waals surface area contributed by atoms with Gasteiger partial charge in [-0.3, -0.25) is 9.48 Å². The lowest BCUT2D eigenvalue weighted by atomic mass is 9.99. The Morgan fingerprint density at radius 1 is 1.53 bits per heavy atom. The third-order valence-electron chi connectivity index (χ3n) is 2.66. The predicted octanol–water partition coefficient (Wildman–Crippen LogP) is 0.499. The molecule has 94 valence electrons. The average Bonchev–Trinajstić information content (AvgIpc) is 2.77. The van der Waals surface area contributed by atoms with Gasteiger partial charge in [0, 0.05) is 12.4 Å². The molecule has 1 heterocycles. The third kappa shape index (κ3) is 3.90. The lowest BCUT2D eigenvalue weighted by Crippen LogP contribution is -2.46. The van der Waals surface area contributed by atoms with Crippen molar-refractivity contribution in [2.75, 3.05) is 0 Å². The second-order valence-electron chi connectivity index (χ2n) is 3.97. The normalized spacial score (nSPS) is 14.0. The van der Waals surface area contributed by atoms with E-state index in [1.807, 2.05) is 6.92 Å². The first-order valence-electron chi connectivity index (χ1n) is 5.54. The molecule has 1 aromatic heterocycles. The highest BCUT2D eigenvalue weighted by Crippen LogP contribution is 2.07. The lowest BCUT2D eigenvalue weighted by Gasteiger charge is -2.20. The van der Waals surface area contributed by atoms with Gasteiger partial charge in [0.15, 0.2) is 0 Å². The maximum absolute atomic E-state index is 11.6. The second-order valence-corrected chi connectivity index (χ2v) is 3.97. The predicted molar refractivity (Wildman–Crippen MR) is 61.2 cm³/mol. The first kappa shape index (κ1) is 13.2. The van der Waals surface area contributed by atoms with Crippen LogP contribution in [0.2, 0.25) is 0 Å². The molecule has 1 aromatic rings. The molecule has 0 aromatic carbocycles. The Kier molecular flexibility index (Phi) is 4.68. The van der Waals surface area contributed by atoms with Gasteiger partial charge in [0.2, 0.25) is 5.91 Å². The Balaban J connectivity index is 2.55. The minimum atomic E-state index is -1.01. The molecule has 1 unspecified atom stereocenters. The van der Waals surface area contributed by atoms with Gasteiger partial charge in [-0.15, -0.1) is 0 Å². The van der Waals surface area contributed by atoms with Crippen LogP contribution in [0, 0.1) is 5.92 Å². The maximum Gasteiger partial charge on any atom is 0.326 e. The fourth-order valence-electron chi connectivity index (χ4n) is 1.44. The summed E-state index contributed by atoms with van der Waals surface area (Å²) in [6.07, 6.45) is 3.91. The van der Waals surface area contributed by atoms with E-state index in [-0.39, 0.29) is 18.4 Å². The zero-order valence-corrected chi connectivity index (χ0v) is 9.96. The van der Waals surface area contributed by atoms with Crippen LogP contribution in [-0.2, 0) is 16.1 Å². The van der Waals surface area contributed by atoms with Crippen molar-refractivity contribution in [3.05, 3.63) is 18.5 Å². The first-order chi connectivity index (χ1) is 8.04. The standard InChI is InChI=1S/C11H17N3O3/c1-3-8(2)10(11(16)17)13-9(15)7-14-6-4-5-12-14/h4-6,8,10H,3,7H2,1-2H3,(H,13,15)(H,16,17)/t8?,10-/m0/s1. The number of nitrogens with zero attached hydrogens (tertiary/aromatic N) is 2. The number of carboxylic acids is 1. The summed E-state index contributed by atoms with van der Waals surface area (Å²) in [5.41, 5.74) is 0. The summed E-state index contributed by atoms with van der Waals surface area (Å²) in [5, 5.41) is 15.4. The van der Waals surface area contributed by atoms with Crippen molar-refractivity contribution >= 4 is 11.9 Å². The van der Waals surface area contributed by atoms with E-state index in [4.69, 9.17) is 5.11 Å². The highest BCUT2D eigenvalue weighted by Gasteiger charge is 2.25. The molecule has 0 radical (unpaired) electrons. The summed E-state index contributed by atoms with van der Waals surface area (Å²) in [7, 11) is 0. The summed E-state index contributed by atoms with van der Waals surface area (Å²) in [6, 6.07) is 0.861. The highest BCUT2D eigenvalue weighted by molar-refractivity contribution is 5.83. The summed E-state index contributed by atoms with van der Waals surface area (Å²) in [6.45, 7) is 3.72. The molecule has 0 spiro atoms. The van der Waals surface area contributed by atoms with Crippen molar-refractivity contribution in [3.63, 3.8) is 0 Å². The van der Waals surface area contributed by atoms with Crippen molar-refractivity contribution in [1.82, 2.24) is 15.1 Å². The number of carbonyl (C=O) groups excluding carboxylic acids is 1. The number of rotatable bonds is 6. The molecule has 6 nitrogen and oxygen atoms in total. The van der Waals surface area contributed by atoms with Gasteiger partial charge in [-0.05, 0) is 12.0 Å². The van der Waals surface area contributed by atoms with Gasteiger partial charge < -0.3 is 10.4 Å². The maximum atomic E-state index is 11.6. The third-order valence-corrected chi connectivity index (χ3v) is 2.66. The zero-order valence-electron chi connectivity index (χ0n) is 9.96. The molecule has 0 fully saturated rings. The molecule has 17 heavy (non-hydrogen) atoms. The van der Waals surface area contributed by atoms with Gasteiger partial charge >= 0.3 is 5.97 Å². The van der Waals surface area contributed by atoms with Crippen LogP contribution in [0.25, 0.3) is 0 Å². The molecule has 6 heteroatoms. The summed E-state index contributed by atoms with van der Waals surface area (Å²) >= 11 is 0. The molecule has 0 aliphatic carbocycles. The smallest absolute Gasteiger partial charge is 0.326 e. The van der Waals surface area contributed by atoms with Gasteiger partial charge in [0.1, 0.15) is 12.6 Å². The van der Waals surface area contributed by atoms with E-state index in [2.05, 4.69) is 10.4 Å². The van der Waals surface area contributed by atoms with Crippen molar-refractivity contribution in [2.24, 2.45) is 5.92 Å². The Labute approximate surface area is 99.6 Å². The van der Waals surface area contributed by atoms with Crippen LogP contribution in [0.15, 0.2) is 18.5 Å². The van der Waals surface area contributed by atoms with Crippen LogP contribution in [0.5, 0.6) is 0 Å². The van der Waals surface area contributed by atoms with Gasteiger partial charge in [-0.2, -0.15) is 5.10 Å². The van der Waals surface area contributed by atoms with Crippen LogP contribution < -0.4 is 5.32 Å². The molecule has 0 bridgehead atoms. The number of aromatic nitrogens is 2. The molecule has 0 aliphatic heterocycles. The van der Waals surface area contributed by atoms with Gasteiger partial charge in [0.25, 0.3) is 0 Å². The van der Waals surface area contributed by atoms with E-state index in [0.717, 1.165) is 0 Å². The second kappa shape index (κ2) is 6.03. The molecule has 2 atom stereocenters. The molecule has 0 saturated heterocycles. The topological polar surface area (TPSA) is 84.2 Å². The summed E-state index contributed by atoms with van der Waals surface area (Å²) in [5.74, 6) is -1.45. The van der Waals surface area contributed by atoms with Gasteiger partial charge in [0.05, 0.1) is 0 Å². The van der Waals surface area contributed by atoms with E-state index in [0.29, 0.717) is 6.42 Å². The number of carbonyl (C=O) groups is 2. The monoisotopic (exact) mass is 239 g/mol. The van der Waals surface area contributed by atoms with Crippen LogP contribution in [0.4, 0.5) is 0 Å². The molecule has 1 amide bonds. The molecule has 0 saturated carbocycles. The Bertz CT molecular complexity index is 375. The minimum absolute atomic E-state index is 0.0349. The number of hydrogen-bond acceptors (Lipinski definition) is 3. The van der Waals surface area contributed by atoms with Crippen LogP contribution >= 0.6 is 0 Å². The molecule has 1 rings (SSSR count). The van der Waals surface area contributed by atoms with Crippen molar-refractivity contribution in [3.8, 4) is 0 Å². The number of amides is 1. The van der Waals surface area contributed by atoms with E-state index >= 15 is 0 Å². The SMILES string of the molecule is CCC(C)[C@H](NC(=O)Cn1cccn1)C(=O)O. The Morgan fingerprint density at radius 3 is 2.71 bits per heavy atom. The molecular formula is C11H17N3O3. The quantitative estimate of drug-likeness (QED) is 0.757. The van der Waals surface area contributed by atoms with Gasteiger partial charge in [-0.25, -0.2) is 4.79 Å². The average molecular weight is 239 g/mol. The van der Waals surface area contributed by atoms with E-state index in [1.54, 1.807) is 25.4 Å².